The fourth-order valence-electron chi connectivity index (χ4n) is 3.94. The monoisotopic (exact) mass is 413 g/mol. The number of ketones is 1. The third-order valence-electron chi connectivity index (χ3n) is 5.32. The van der Waals surface area contributed by atoms with E-state index in [1.54, 1.807) is 25.1 Å². The largest absolute Gasteiger partial charge is 0.504 e. The van der Waals surface area contributed by atoms with Gasteiger partial charge in [-0.3, -0.25) is 9.59 Å². The van der Waals surface area contributed by atoms with Crippen molar-refractivity contribution in [2.45, 2.75) is 31.9 Å². The summed E-state index contributed by atoms with van der Waals surface area (Å²) in [5, 5.41) is 20.7. The van der Waals surface area contributed by atoms with Crippen LogP contribution < -0.4 is 4.74 Å². The number of nitrogens with zero attached hydrogens (tertiary/aromatic N) is 1. The van der Waals surface area contributed by atoms with E-state index in [4.69, 9.17) is 13.9 Å². The summed E-state index contributed by atoms with van der Waals surface area (Å²) in [5.74, 6) is -1.62. The minimum Gasteiger partial charge on any atom is -0.504 e. The highest BCUT2D eigenvalue weighted by Crippen LogP contribution is 2.42. The van der Waals surface area contributed by atoms with Gasteiger partial charge < -0.3 is 29.0 Å². The van der Waals surface area contributed by atoms with E-state index >= 15 is 0 Å². The van der Waals surface area contributed by atoms with Gasteiger partial charge in [-0.15, -0.1) is 0 Å². The standard InChI is InChI=1S/C22H23NO7/c1-2-28-17-11-13(7-8-15(17)24)19-18(20(25)16-6-4-10-30-16)21(26)22(27)23(19)12-14-5-3-9-29-14/h4,6-8,10-11,14,19,24,26H,2-3,5,9,12H2,1H3/t14-,19-/m1/s1. The first-order valence-electron chi connectivity index (χ1n) is 9.90. The molecule has 30 heavy (non-hydrogen) atoms. The average molecular weight is 413 g/mol. The van der Waals surface area contributed by atoms with Gasteiger partial charge in [0.25, 0.3) is 5.91 Å². The molecule has 0 saturated carbocycles. The first-order chi connectivity index (χ1) is 14.5. The predicted octanol–water partition coefficient (Wildman–Crippen LogP) is 3.14. The van der Waals surface area contributed by atoms with Gasteiger partial charge in [0.1, 0.15) is 0 Å². The Kier molecular flexibility index (Phi) is 5.50. The summed E-state index contributed by atoms with van der Waals surface area (Å²) in [5.41, 5.74) is 0.461. The van der Waals surface area contributed by atoms with Gasteiger partial charge in [-0.2, -0.15) is 0 Å². The fraction of sp³-hybridized carbons (Fsp3) is 0.364. The Morgan fingerprint density at radius 2 is 2.13 bits per heavy atom. The van der Waals surface area contributed by atoms with E-state index in [0.29, 0.717) is 18.8 Å². The highest BCUT2D eigenvalue weighted by molar-refractivity contribution is 6.15. The van der Waals surface area contributed by atoms with E-state index in [1.807, 2.05) is 0 Å². The first-order valence-corrected chi connectivity index (χ1v) is 9.90. The number of furan rings is 1. The highest BCUT2D eigenvalue weighted by atomic mass is 16.5. The van der Waals surface area contributed by atoms with Crippen molar-refractivity contribution in [3.8, 4) is 11.5 Å². The number of phenols is 1. The number of ether oxygens (including phenoxy) is 2. The Morgan fingerprint density at radius 1 is 1.30 bits per heavy atom. The van der Waals surface area contributed by atoms with E-state index in [-0.39, 0.29) is 35.5 Å². The number of aliphatic hydroxyl groups excluding tert-OH is 1. The summed E-state index contributed by atoms with van der Waals surface area (Å²) in [6, 6.07) is 6.81. The maximum atomic E-state index is 13.1. The molecule has 8 nitrogen and oxygen atoms in total. The second-order valence-electron chi connectivity index (χ2n) is 7.22. The van der Waals surface area contributed by atoms with Crippen molar-refractivity contribution in [1.82, 2.24) is 4.90 Å². The van der Waals surface area contributed by atoms with Gasteiger partial charge in [0.2, 0.25) is 5.78 Å². The summed E-state index contributed by atoms with van der Waals surface area (Å²) in [7, 11) is 0. The van der Waals surface area contributed by atoms with Crippen LogP contribution in [0, 0.1) is 0 Å². The van der Waals surface area contributed by atoms with Crippen LogP contribution in [0.25, 0.3) is 0 Å². The molecule has 2 aromatic rings. The van der Waals surface area contributed by atoms with E-state index < -0.39 is 23.5 Å². The third kappa shape index (κ3) is 3.54. The molecule has 4 rings (SSSR count). The minimum absolute atomic E-state index is 0.0251. The number of carbonyl (C=O) groups is 2. The summed E-state index contributed by atoms with van der Waals surface area (Å²) in [6.07, 6.45) is 2.86. The molecule has 1 aromatic carbocycles. The molecule has 1 saturated heterocycles. The van der Waals surface area contributed by atoms with E-state index in [1.165, 1.54) is 23.3 Å². The number of aliphatic hydroxyl groups is 1. The number of carbonyl (C=O) groups excluding carboxylic acids is 2. The molecule has 2 aliphatic heterocycles. The SMILES string of the molecule is CCOc1cc([C@@H]2C(C(=O)c3ccco3)=C(O)C(=O)N2C[C@H]2CCCO2)ccc1O. The molecule has 2 N–H and O–H groups in total. The molecule has 158 valence electrons. The van der Waals surface area contributed by atoms with Crippen LogP contribution in [0.3, 0.4) is 0 Å². The Hall–Kier alpha value is -3.26. The zero-order chi connectivity index (χ0) is 21.3. The van der Waals surface area contributed by atoms with Crippen LogP contribution in [0.4, 0.5) is 0 Å². The molecular formula is C22H23NO7. The number of phenolic OH excluding ortho intramolecular Hbond substituents is 1. The topological polar surface area (TPSA) is 109 Å². The van der Waals surface area contributed by atoms with E-state index in [9.17, 15) is 19.8 Å². The number of amides is 1. The van der Waals surface area contributed by atoms with Crippen LogP contribution in [0.1, 0.15) is 41.9 Å². The lowest BCUT2D eigenvalue weighted by atomic mass is 9.94. The number of benzene rings is 1. The number of hydrogen-bond acceptors (Lipinski definition) is 7. The smallest absolute Gasteiger partial charge is 0.290 e. The van der Waals surface area contributed by atoms with E-state index in [0.717, 1.165) is 12.8 Å². The number of aromatic hydroxyl groups is 1. The van der Waals surface area contributed by atoms with Gasteiger partial charge in [0.05, 0.1) is 30.6 Å². The van der Waals surface area contributed by atoms with Crippen LogP contribution in [0.5, 0.6) is 11.5 Å². The van der Waals surface area contributed by atoms with E-state index in [2.05, 4.69) is 0 Å². The van der Waals surface area contributed by atoms with Crippen molar-refractivity contribution in [2.24, 2.45) is 0 Å². The van der Waals surface area contributed by atoms with Gasteiger partial charge >= 0.3 is 0 Å². The minimum atomic E-state index is -0.862. The Morgan fingerprint density at radius 3 is 2.80 bits per heavy atom. The third-order valence-corrected chi connectivity index (χ3v) is 5.32. The fourth-order valence-corrected chi connectivity index (χ4v) is 3.94. The molecule has 1 aromatic heterocycles. The molecule has 1 amide bonds. The lowest BCUT2D eigenvalue weighted by molar-refractivity contribution is -0.131. The summed E-state index contributed by atoms with van der Waals surface area (Å²) >= 11 is 0. The van der Waals surface area contributed by atoms with Gasteiger partial charge in [0.15, 0.2) is 23.0 Å². The van der Waals surface area contributed by atoms with Crippen LogP contribution in [-0.4, -0.2) is 52.7 Å². The molecule has 8 heteroatoms. The molecule has 2 atom stereocenters. The number of Topliss-reactive ketones (excluding diaryl/α,β-unsaturated/α-hetero) is 1. The molecule has 0 radical (unpaired) electrons. The molecule has 1 fully saturated rings. The van der Waals surface area contributed by atoms with Gasteiger partial charge in [-0.25, -0.2) is 0 Å². The van der Waals surface area contributed by atoms with Crippen molar-refractivity contribution in [2.75, 3.05) is 19.8 Å². The van der Waals surface area contributed by atoms with Crippen molar-refractivity contribution >= 4 is 11.7 Å². The van der Waals surface area contributed by atoms with Gasteiger partial charge in [-0.05, 0) is 49.6 Å². The lowest BCUT2D eigenvalue weighted by Gasteiger charge is -2.29. The Labute approximate surface area is 173 Å². The normalized spacial score (nSPS) is 21.5. The predicted molar refractivity (Wildman–Crippen MR) is 105 cm³/mol. The molecular weight excluding hydrogens is 390 g/mol. The zero-order valence-electron chi connectivity index (χ0n) is 16.5. The summed E-state index contributed by atoms with van der Waals surface area (Å²) in [6.45, 7) is 2.96. The Bertz CT molecular complexity index is 973. The lowest BCUT2D eigenvalue weighted by Crippen LogP contribution is -2.37. The molecule has 0 aliphatic carbocycles. The van der Waals surface area contributed by atoms with Crippen molar-refractivity contribution in [1.29, 1.82) is 0 Å². The van der Waals surface area contributed by atoms with Crippen LogP contribution in [0.2, 0.25) is 0 Å². The van der Waals surface area contributed by atoms with Gasteiger partial charge in [-0.1, -0.05) is 6.07 Å². The first kappa shape index (κ1) is 20.0. The molecule has 0 bridgehead atoms. The molecule has 3 heterocycles. The maximum absolute atomic E-state index is 13.1. The highest BCUT2D eigenvalue weighted by Gasteiger charge is 2.45. The Balaban J connectivity index is 1.78. The summed E-state index contributed by atoms with van der Waals surface area (Å²) in [4.78, 5) is 27.5. The molecule has 0 spiro atoms. The number of hydrogen-bond donors (Lipinski definition) is 2. The summed E-state index contributed by atoms with van der Waals surface area (Å²) < 4.78 is 16.3. The van der Waals surface area contributed by atoms with Crippen LogP contribution in [0.15, 0.2) is 52.3 Å². The van der Waals surface area contributed by atoms with Crippen molar-refractivity contribution < 1.29 is 33.7 Å². The second kappa shape index (κ2) is 8.23. The number of rotatable bonds is 7. The van der Waals surface area contributed by atoms with Crippen LogP contribution in [-0.2, 0) is 9.53 Å². The molecule has 2 aliphatic rings. The van der Waals surface area contributed by atoms with Crippen molar-refractivity contribution in [3.63, 3.8) is 0 Å². The maximum Gasteiger partial charge on any atom is 0.290 e. The van der Waals surface area contributed by atoms with Gasteiger partial charge in [0, 0.05) is 13.2 Å². The van der Waals surface area contributed by atoms with Crippen LogP contribution >= 0.6 is 0 Å². The second-order valence-corrected chi connectivity index (χ2v) is 7.22. The molecule has 0 unspecified atom stereocenters. The van der Waals surface area contributed by atoms with Crippen molar-refractivity contribution in [3.05, 3.63) is 59.3 Å². The average Bonchev–Trinajstić information content (AvgIpc) is 3.48. The zero-order valence-corrected chi connectivity index (χ0v) is 16.5. The quantitative estimate of drug-likeness (QED) is 0.671.